The van der Waals surface area contributed by atoms with E-state index in [9.17, 15) is 0 Å². The van der Waals surface area contributed by atoms with Gasteiger partial charge in [-0.1, -0.05) is 0 Å². The van der Waals surface area contributed by atoms with Crippen molar-refractivity contribution in [3.63, 3.8) is 0 Å². The molecule has 0 bridgehead atoms. The summed E-state index contributed by atoms with van der Waals surface area (Å²) in [6.07, 6.45) is 5.36. The average Bonchev–Trinajstić information content (AvgIpc) is 2.24. The number of nitrogens with zero attached hydrogens (tertiary/aromatic N) is 3. The maximum Gasteiger partial charge on any atom is 0.148 e. The molecule has 0 amide bonds. The molecule has 5 heteroatoms. The Balaban J connectivity index is 2.18. The van der Waals surface area contributed by atoms with Crippen molar-refractivity contribution in [1.82, 2.24) is 14.9 Å². The molecular weight excluding hydrogens is 256 g/mol. The molecule has 1 aromatic heterocycles. The highest BCUT2D eigenvalue weighted by molar-refractivity contribution is 9.10. The molecule has 2 rings (SSSR count). The number of nitrogens with two attached hydrogens (primary N) is 1. The monoisotopic (exact) mass is 270 g/mol. The first-order chi connectivity index (χ1) is 7.10. The van der Waals surface area contributed by atoms with E-state index < -0.39 is 0 Å². The molecule has 0 radical (unpaired) electrons. The van der Waals surface area contributed by atoms with E-state index in [0.29, 0.717) is 0 Å². The van der Waals surface area contributed by atoms with Gasteiger partial charge in [0.2, 0.25) is 0 Å². The van der Waals surface area contributed by atoms with Crippen LogP contribution in [-0.4, -0.2) is 35.0 Å². The molecule has 15 heavy (non-hydrogen) atoms. The van der Waals surface area contributed by atoms with Gasteiger partial charge in [-0.05, 0) is 35.8 Å². The quantitative estimate of drug-likeness (QED) is 0.831. The summed E-state index contributed by atoms with van der Waals surface area (Å²) < 4.78 is 0.891. The van der Waals surface area contributed by atoms with Gasteiger partial charge in [-0.15, -0.1) is 0 Å². The summed E-state index contributed by atoms with van der Waals surface area (Å²) in [5.74, 6) is 0.763. The number of halogens is 1. The van der Waals surface area contributed by atoms with E-state index in [4.69, 9.17) is 5.73 Å². The minimum atomic E-state index is -0.340. The SMILES string of the molecule is CN1CCC(N)(c2ncc(Br)cn2)CC1. The number of hydrogen-bond donors (Lipinski definition) is 1. The topological polar surface area (TPSA) is 55.0 Å². The molecule has 0 aliphatic carbocycles. The van der Waals surface area contributed by atoms with Crippen molar-refractivity contribution < 1.29 is 0 Å². The third-order valence-corrected chi connectivity index (χ3v) is 3.35. The summed E-state index contributed by atoms with van der Waals surface area (Å²) in [6, 6.07) is 0. The van der Waals surface area contributed by atoms with Gasteiger partial charge in [0.1, 0.15) is 5.82 Å². The van der Waals surface area contributed by atoms with Crippen LogP contribution in [0.5, 0.6) is 0 Å². The van der Waals surface area contributed by atoms with Gasteiger partial charge in [0.05, 0.1) is 10.0 Å². The Morgan fingerprint density at radius 2 is 1.87 bits per heavy atom. The maximum atomic E-state index is 6.33. The second-order valence-corrected chi connectivity index (χ2v) is 5.10. The zero-order chi connectivity index (χ0) is 10.9. The van der Waals surface area contributed by atoms with Crippen molar-refractivity contribution >= 4 is 15.9 Å². The molecule has 0 atom stereocenters. The summed E-state index contributed by atoms with van der Waals surface area (Å²) in [7, 11) is 2.11. The smallest absolute Gasteiger partial charge is 0.148 e. The van der Waals surface area contributed by atoms with E-state index in [-0.39, 0.29) is 5.54 Å². The molecule has 0 saturated carbocycles. The van der Waals surface area contributed by atoms with Crippen molar-refractivity contribution in [2.45, 2.75) is 18.4 Å². The van der Waals surface area contributed by atoms with Crippen LogP contribution in [0.2, 0.25) is 0 Å². The van der Waals surface area contributed by atoms with Gasteiger partial charge in [-0.2, -0.15) is 0 Å². The van der Waals surface area contributed by atoms with Crippen molar-refractivity contribution in [1.29, 1.82) is 0 Å². The van der Waals surface area contributed by atoms with Crippen LogP contribution in [0.1, 0.15) is 18.7 Å². The molecule has 1 aromatic rings. The molecule has 82 valence electrons. The number of rotatable bonds is 1. The van der Waals surface area contributed by atoms with Crippen molar-refractivity contribution in [2.75, 3.05) is 20.1 Å². The summed E-state index contributed by atoms with van der Waals surface area (Å²) >= 11 is 3.32. The normalized spacial score (nSPS) is 21.5. The summed E-state index contributed by atoms with van der Waals surface area (Å²) in [5.41, 5.74) is 5.99. The van der Waals surface area contributed by atoms with Gasteiger partial charge in [0.25, 0.3) is 0 Å². The highest BCUT2D eigenvalue weighted by Gasteiger charge is 2.33. The lowest BCUT2D eigenvalue weighted by atomic mass is 9.88. The second-order valence-electron chi connectivity index (χ2n) is 4.18. The first kappa shape index (κ1) is 11.0. The first-order valence-electron chi connectivity index (χ1n) is 5.06. The molecule has 0 unspecified atom stereocenters. The van der Waals surface area contributed by atoms with Crippen LogP contribution < -0.4 is 5.73 Å². The van der Waals surface area contributed by atoms with Crippen molar-refractivity contribution in [2.24, 2.45) is 5.73 Å². The van der Waals surface area contributed by atoms with E-state index in [1.807, 2.05) is 0 Å². The molecule has 1 aliphatic heterocycles. The molecule has 1 saturated heterocycles. The number of aromatic nitrogens is 2. The summed E-state index contributed by atoms with van der Waals surface area (Å²) in [4.78, 5) is 10.9. The fourth-order valence-electron chi connectivity index (χ4n) is 1.81. The molecule has 0 spiro atoms. The Labute approximate surface area is 98.0 Å². The third-order valence-electron chi connectivity index (χ3n) is 2.94. The third kappa shape index (κ3) is 2.35. The van der Waals surface area contributed by atoms with E-state index >= 15 is 0 Å². The molecule has 0 aromatic carbocycles. The summed E-state index contributed by atoms with van der Waals surface area (Å²) in [5, 5.41) is 0. The molecule has 2 N–H and O–H groups in total. The lowest BCUT2D eigenvalue weighted by molar-refractivity contribution is 0.184. The van der Waals surface area contributed by atoms with Gasteiger partial charge >= 0.3 is 0 Å². The highest BCUT2D eigenvalue weighted by atomic mass is 79.9. The Kier molecular flexibility index (Phi) is 3.04. The minimum absolute atomic E-state index is 0.340. The number of hydrogen-bond acceptors (Lipinski definition) is 4. The molecule has 4 nitrogen and oxygen atoms in total. The van der Waals surface area contributed by atoms with Gasteiger partial charge in [0, 0.05) is 25.5 Å². The van der Waals surface area contributed by atoms with Crippen LogP contribution in [0.3, 0.4) is 0 Å². The van der Waals surface area contributed by atoms with Gasteiger partial charge in [-0.25, -0.2) is 9.97 Å². The molecule has 1 aliphatic rings. The second kappa shape index (κ2) is 4.15. The maximum absolute atomic E-state index is 6.33. The Hall–Kier alpha value is -0.520. The van der Waals surface area contributed by atoms with E-state index in [1.165, 1.54) is 0 Å². The highest BCUT2D eigenvalue weighted by Crippen LogP contribution is 2.27. The van der Waals surface area contributed by atoms with E-state index in [1.54, 1.807) is 12.4 Å². The van der Waals surface area contributed by atoms with Gasteiger partial charge < -0.3 is 10.6 Å². The van der Waals surface area contributed by atoms with Crippen LogP contribution in [0.4, 0.5) is 0 Å². The van der Waals surface area contributed by atoms with E-state index in [2.05, 4.69) is 37.8 Å². The number of likely N-dealkylation sites (tertiary alicyclic amines) is 1. The van der Waals surface area contributed by atoms with Crippen LogP contribution in [0, 0.1) is 0 Å². The first-order valence-corrected chi connectivity index (χ1v) is 5.85. The lowest BCUT2D eigenvalue weighted by Crippen LogP contribution is -2.48. The van der Waals surface area contributed by atoms with E-state index in [0.717, 1.165) is 36.2 Å². The van der Waals surface area contributed by atoms with Crippen molar-refractivity contribution in [3.05, 3.63) is 22.7 Å². The Morgan fingerprint density at radius 1 is 1.33 bits per heavy atom. The number of piperidine rings is 1. The largest absolute Gasteiger partial charge is 0.319 e. The zero-order valence-electron chi connectivity index (χ0n) is 8.78. The van der Waals surface area contributed by atoms with Crippen LogP contribution in [0.15, 0.2) is 16.9 Å². The van der Waals surface area contributed by atoms with Gasteiger partial charge in [-0.3, -0.25) is 0 Å². The predicted octanol–water partition coefficient (Wildman–Crippen LogP) is 1.12. The zero-order valence-corrected chi connectivity index (χ0v) is 10.4. The van der Waals surface area contributed by atoms with Crippen LogP contribution >= 0.6 is 15.9 Å². The lowest BCUT2D eigenvalue weighted by Gasteiger charge is -2.36. The fourth-order valence-corrected chi connectivity index (χ4v) is 2.02. The minimum Gasteiger partial charge on any atom is -0.319 e. The Bertz CT molecular complexity index is 330. The standard InChI is InChI=1S/C10H15BrN4/c1-15-4-2-10(12,3-5-15)9-13-6-8(11)7-14-9/h6-7H,2-5,12H2,1H3. The predicted molar refractivity (Wildman–Crippen MR) is 62.3 cm³/mol. The van der Waals surface area contributed by atoms with Gasteiger partial charge in [0.15, 0.2) is 0 Å². The average molecular weight is 271 g/mol. The Morgan fingerprint density at radius 3 is 2.40 bits per heavy atom. The molecular formula is C10H15BrN4. The molecule has 2 heterocycles. The molecule has 1 fully saturated rings. The van der Waals surface area contributed by atoms with Crippen LogP contribution in [0.25, 0.3) is 0 Å². The fraction of sp³-hybridized carbons (Fsp3) is 0.600. The van der Waals surface area contributed by atoms with Crippen LogP contribution in [-0.2, 0) is 5.54 Å². The van der Waals surface area contributed by atoms with Crippen molar-refractivity contribution in [3.8, 4) is 0 Å². The summed E-state index contributed by atoms with van der Waals surface area (Å²) in [6.45, 7) is 2.02.